The molecule has 2 nitrogen and oxygen atoms in total. The summed E-state index contributed by atoms with van der Waals surface area (Å²) < 4.78 is 18.4. The fraction of sp³-hybridized carbons (Fsp3) is 0. The van der Waals surface area contributed by atoms with Gasteiger partial charge in [0.1, 0.15) is 4.83 Å². The molecule has 0 spiro atoms. The normalized spacial score (nSPS) is 11.9. The molecule has 4 heteroatoms. The summed E-state index contributed by atoms with van der Waals surface area (Å²) in [4.78, 5) is 1.27. The van der Waals surface area contributed by atoms with E-state index in [1.54, 1.807) is 0 Å². The lowest BCUT2D eigenvalue weighted by Crippen LogP contribution is -2.24. The van der Waals surface area contributed by atoms with Crippen LogP contribution in [-0.2, 0) is 4.57 Å². The van der Waals surface area contributed by atoms with Gasteiger partial charge in [0.2, 0.25) is 0 Å². The maximum atomic E-state index is 14.7. The third-order valence-corrected chi connectivity index (χ3v) is 12.3. The molecule has 2 aromatic heterocycles. The minimum absolute atomic E-state index is 0.840. The number of hydrogen-bond acceptors (Lipinski definition) is 2. The van der Waals surface area contributed by atoms with Crippen molar-refractivity contribution >= 4 is 60.3 Å². The van der Waals surface area contributed by atoms with E-state index in [9.17, 15) is 4.57 Å². The summed E-state index contributed by atoms with van der Waals surface area (Å²) in [5, 5.41) is 3.80. The molecule has 0 radical (unpaired) electrons. The Bertz CT molecular complexity index is 2200. The van der Waals surface area contributed by atoms with Crippen LogP contribution in [-0.4, -0.2) is 4.40 Å². The van der Waals surface area contributed by atoms with Gasteiger partial charge in [0.05, 0.1) is 15.7 Å². The van der Waals surface area contributed by atoms with Gasteiger partial charge in [-0.25, -0.2) is 0 Å². The lowest BCUT2D eigenvalue weighted by Gasteiger charge is -2.20. The summed E-state index contributed by atoms with van der Waals surface area (Å²) in [7, 11) is -2.99. The number of fused-ring (bicyclic) bond motifs is 5. The Morgan fingerprint density at radius 2 is 0.929 bits per heavy atom. The highest BCUT2D eigenvalue weighted by atomic mass is 32.1. The fourth-order valence-corrected chi connectivity index (χ4v) is 9.96. The third kappa shape index (κ3) is 3.89. The van der Waals surface area contributed by atoms with Gasteiger partial charge in [-0.15, -0.1) is 11.3 Å². The van der Waals surface area contributed by atoms with Gasteiger partial charge in [-0.2, -0.15) is 0 Å². The molecule has 0 amide bonds. The van der Waals surface area contributed by atoms with E-state index in [2.05, 4.69) is 89.3 Å². The molecule has 200 valence electrons. The van der Waals surface area contributed by atoms with E-state index in [-0.39, 0.29) is 0 Å². The minimum atomic E-state index is -2.99. The predicted molar refractivity (Wildman–Crippen MR) is 181 cm³/mol. The molecule has 0 aliphatic heterocycles. The summed E-state index contributed by atoms with van der Waals surface area (Å²) in [6.07, 6.45) is 0. The Kier molecular flexibility index (Phi) is 5.96. The van der Waals surface area contributed by atoms with Crippen LogP contribution in [0.5, 0.6) is 0 Å². The van der Waals surface area contributed by atoms with E-state index in [0.29, 0.717) is 0 Å². The van der Waals surface area contributed by atoms with Crippen molar-refractivity contribution in [1.29, 1.82) is 0 Å². The number of nitrogens with zero attached hydrogens (tertiary/aromatic N) is 1. The molecule has 0 saturated heterocycles. The molecule has 0 fully saturated rings. The topological polar surface area (TPSA) is 21.5 Å². The van der Waals surface area contributed by atoms with E-state index in [1.165, 1.54) is 37.1 Å². The van der Waals surface area contributed by atoms with Crippen LogP contribution in [0.2, 0.25) is 0 Å². The van der Waals surface area contributed by atoms with Gasteiger partial charge in [-0.05, 0) is 34.9 Å². The van der Waals surface area contributed by atoms with Gasteiger partial charge < -0.3 is 4.57 Å². The lowest BCUT2D eigenvalue weighted by molar-refractivity contribution is 0.592. The van der Waals surface area contributed by atoms with E-state index < -0.39 is 7.14 Å². The van der Waals surface area contributed by atoms with Crippen LogP contribution in [0.15, 0.2) is 158 Å². The van der Waals surface area contributed by atoms with Gasteiger partial charge in [0.15, 0.2) is 7.14 Å². The third-order valence-electron chi connectivity index (χ3n) is 8.12. The zero-order valence-corrected chi connectivity index (χ0v) is 24.4. The van der Waals surface area contributed by atoms with Gasteiger partial charge in [0, 0.05) is 26.9 Å². The number of hydrogen-bond donors (Lipinski definition) is 0. The monoisotopic (exact) mass is 575 g/mol. The molecule has 8 aromatic rings. The standard InChI is InChI=1S/C38H26NOPS/c40-41(30-11-3-1-4-12-30,31-13-5-2-6-14-31)32-25-23-28(24-26-32)27-19-21-29(22-20-27)37-33-15-7-8-16-34(33)39-35-17-9-10-18-36(35)42-38(37)39/h1-26H. The lowest BCUT2D eigenvalue weighted by atomic mass is 10.00. The molecular weight excluding hydrogens is 549 g/mol. The SMILES string of the molecule is O=P(c1ccccc1)(c1ccccc1)c1ccc(-c2ccc(-c3c4ccccc4n4c3sc3ccccc34)cc2)cc1. The quantitative estimate of drug-likeness (QED) is 0.187. The van der Waals surface area contributed by atoms with Crippen molar-refractivity contribution in [3.63, 3.8) is 0 Å². The van der Waals surface area contributed by atoms with Gasteiger partial charge >= 0.3 is 0 Å². The molecule has 0 unspecified atom stereocenters. The van der Waals surface area contributed by atoms with Crippen LogP contribution in [0.25, 0.3) is 48.2 Å². The van der Waals surface area contributed by atoms with Crippen molar-refractivity contribution in [3.8, 4) is 22.3 Å². The van der Waals surface area contributed by atoms with E-state index in [0.717, 1.165) is 27.0 Å². The van der Waals surface area contributed by atoms with Gasteiger partial charge in [0.25, 0.3) is 0 Å². The Hall–Kier alpha value is -4.69. The average molecular weight is 576 g/mol. The maximum absolute atomic E-state index is 14.7. The first-order valence-electron chi connectivity index (χ1n) is 14.1. The van der Waals surface area contributed by atoms with E-state index >= 15 is 0 Å². The zero-order chi connectivity index (χ0) is 28.1. The van der Waals surface area contributed by atoms with Crippen LogP contribution in [0.3, 0.4) is 0 Å². The van der Waals surface area contributed by atoms with E-state index in [4.69, 9.17) is 0 Å². The van der Waals surface area contributed by atoms with Gasteiger partial charge in [-0.3, -0.25) is 4.40 Å². The highest BCUT2D eigenvalue weighted by molar-refractivity contribution is 7.85. The van der Waals surface area contributed by atoms with Crippen LogP contribution in [0.1, 0.15) is 0 Å². The predicted octanol–water partition coefficient (Wildman–Crippen LogP) is 9.28. The number of para-hydroxylation sites is 2. The second kappa shape index (κ2) is 9.99. The van der Waals surface area contributed by atoms with Crippen molar-refractivity contribution in [1.82, 2.24) is 4.40 Å². The number of benzene rings is 6. The Morgan fingerprint density at radius 1 is 0.452 bits per heavy atom. The molecule has 6 aromatic carbocycles. The summed E-state index contributed by atoms with van der Waals surface area (Å²) in [5.74, 6) is 0. The molecular formula is C38H26NOPS. The molecule has 2 heterocycles. The Morgan fingerprint density at radius 3 is 1.57 bits per heavy atom. The second-order valence-electron chi connectivity index (χ2n) is 10.5. The van der Waals surface area contributed by atoms with Crippen molar-refractivity contribution in [2.45, 2.75) is 0 Å². The zero-order valence-electron chi connectivity index (χ0n) is 22.7. The minimum Gasteiger partial charge on any atom is -0.309 e. The molecule has 0 saturated carbocycles. The second-order valence-corrected chi connectivity index (χ2v) is 14.3. The smallest absolute Gasteiger partial charge is 0.171 e. The Labute approximate surface area is 248 Å². The first kappa shape index (κ1) is 25.1. The molecule has 0 atom stereocenters. The maximum Gasteiger partial charge on any atom is 0.171 e. The van der Waals surface area contributed by atoms with E-state index in [1.807, 2.05) is 84.1 Å². The molecule has 8 rings (SSSR count). The molecule has 0 N–H and O–H groups in total. The largest absolute Gasteiger partial charge is 0.309 e. The summed E-state index contributed by atoms with van der Waals surface area (Å²) in [5.41, 5.74) is 7.21. The molecule has 0 aliphatic carbocycles. The summed E-state index contributed by atoms with van der Waals surface area (Å²) in [6.45, 7) is 0. The van der Waals surface area contributed by atoms with Crippen LogP contribution < -0.4 is 15.9 Å². The van der Waals surface area contributed by atoms with Crippen molar-refractivity contribution in [2.75, 3.05) is 0 Å². The average Bonchev–Trinajstić information content (AvgIpc) is 3.60. The Balaban J connectivity index is 1.19. The van der Waals surface area contributed by atoms with Crippen LogP contribution >= 0.6 is 18.5 Å². The molecule has 42 heavy (non-hydrogen) atoms. The van der Waals surface area contributed by atoms with Crippen molar-refractivity contribution < 1.29 is 4.57 Å². The fourth-order valence-electron chi connectivity index (χ4n) is 6.08. The first-order valence-corrected chi connectivity index (χ1v) is 16.6. The van der Waals surface area contributed by atoms with Crippen LogP contribution in [0.4, 0.5) is 0 Å². The highest BCUT2D eigenvalue weighted by Crippen LogP contribution is 2.44. The van der Waals surface area contributed by atoms with Crippen molar-refractivity contribution in [2.24, 2.45) is 0 Å². The number of thiazole rings is 1. The van der Waals surface area contributed by atoms with Crippen LogP contribution in [0, 0.1) is 0 Å². The number of aromatic nitrogens is 1. The molecule has 0 bridgehead atoms. The first-order chi connectivity index (χ1) is 20.7. The van der Waals surface area contributed by atoms with Gasteiger partial charge in [-0.1, -0.05) is 140 Å². The highest BCUT2D eigenvalue weighted by Gasteiger charge is 2.29. The number of rotatable bonds is 5. The summed E-state index contributed by atoms with van der Waals surface area (Å²) in [6, 6.07) is 54.1. The summed E-state index contributed by atoms with van der Waals surface area (Å²) >= 11 is 1.85. The van der Waals surface area contributed by atoms with Crippen molar-refractivity contribution in [3.05, 3.63) is 158 Å². The molecule has 0 aliphatic rings.